The third-order valence-electron chi connectivity index (χ3n) is 14.2. The van der Waals surface area contributed by atoms with Crippen molar-refractivity contribution in [3.05, 3.63) is 49.4 Å². The molecule has 0 spiro atoms. The molecule has 0 aliphatic rings. The maximum Gasteiger partial charge on any atom is 0.322 e. The maximum absolute atomic E-state index is 11.9. The van der Waals surface area contributed by atoms with E-state index >= 15 is 0 Å². The average Bonchev–Trinajstić information content (AvgIpc) is 0.636. The van der Waals surface area contributed by atoms with E-state index in [2.05, 4.69) is 57.1 Å². The summed E-state index contributed by atoms with van der Waals surface area (Å²) in [5, 5.41) is 46.2. The lowest BCUT2D eigenvalue weighted by Gasteiger charge is -2.24. The summed E-state index contributed by atoms with van der Waals surface area (Å²) in [6, 6.07) is -4.45. The molecule has 20 N–H and O–H groups in total. The van der Waals surface area contributed by atoms with Crippen molar-refractivity contribution < 1.29 is 165 Å². The molecule has 0 saturated heterocycles. The van der Waals surface area contributed by atoms with Gasteiger partial charge in [-0.15, -0.1) is 0 Å². The van der Waals surface area contributed by atoms with Crippen molar-refractivity contribution in [2.24, 2.45) is 17.2 Å². The number of ether oxygens (including phenoxy) is 2. The Hall–Kier alpha value is -8.50. The largest absolute Gasteiger partial charge is 0.511 e. The fraction of sp³-hybridized carbons (Fsp3) is 0.677. The predicted octanol–water partition coefficient (Wildman–Crippen LogP) is -3.84. The van der Waals surface area contributed by atoms with Crippen molar-refractivity contribution in [2.75, 3.05) is 115 Å². The van der Waals surface area contributed by atoms with E-state index in [0.29, 0.717) is 16.2 Å². The Morgan fingerprint density at radius 3 is 0.905 bits per heavy atom. The molecule has 0 aromatic heterocycles. The molecule has 0 rings (SSSR count). The van der Waals surface area contributed by atoms with E-state index in [1.807, 2.05) is 0 Å². The van der Waals surface area contributed by atoms with Crippen LogP contribution < -0.4 is 38.5 Å². The zero-order valence-electron chi connectivity index (χ0n) is 66.2. The molecule has 6 unspecified atom stereocenters. The normalized spacial score (nSPS) is 12.8. The van der Waals surface area contributed by atoms with Crippen LogP contribution in [0.4, 0.5) is 0 Å². The Morgan fingerprint density at radius 2 is 0.638 bits per heavy atom. The molecule has 0 radical (unpaired) electrons. The molecule has 0 aliphatic carbocycles. The number of likely N-dealkylation sites (N-methyl/N-ethyl adjacent to an activating group) is 1. The van der Waals surface area contributed by atoms with Crippen LogP contribution in [0.15, 0.2) is 49.4 Å². The number of amides is 10. The number of imide groups is 2. The minimum atomic E-state index is -4.30. The Labute approximate surface area is 675 Å². The van der Waals surface area contributed by atoms with E-state index in [0.717, 1.165) is 18.7 Å². The molecule has 6 atom stereocenters. The monoisotopic (exact) mass is 1800 g/mol. The molecule has 48 nitrogen and oxygen atoms in total. The molecule has 0 saturated carbocycles. The third-order valence-corrected chi connectivity index (χ3v) is 18.5. The van der Waals surface area contributed by atoms with Crippen molar-refractivity contribution >= 4 is 132 Å². The number of nitrogens with zero attached hydrogens (tertiary/aromatic N) is 5. The molecule has 0 aromatic rings. The first-order chi connectivity index (χ1) is 52.6. The van der Waals surface area contributed by atoms with Crippen LogP contribution in [-0.4, -0.2) is 345 Å². The van der Waals surface area contributed by atoms with E-state index in [1.54, 1.807) is 32.8 Å². The van der Waals surface area contributed by atoms with Crippen molar-refractivity contribution in [1.82, 2.24) is 45.8 Å². The lowest BCUT2D eigenvalue weighted by molar-refractivity contribution is -0.146. The molecule has 54 heteroatoms. The third kappa shape index (κ3) is 73.1. The highest BCUT2D eigenvalue weighted by atomic mass is 32.2. The second kappa shape index (κ2) is 60.0. The van der Waals surface area contributed by atoms with Crippen LogP contribution in [0.3, 0.4) is 0 Å². The van der Waals surface area contributed by atoms with Gasteiger partial charge in [0.1, 0.15) is 35.1 Å². The molecule has 10 amide bonds. The molecule has 0 heterocycles. The highest BCUT2D eigenvalue weighted by Crippen LogP contribution is 2.13. The van der Waals surface area contributed by atoms with Gasteiger partial charge in [-0.3, -0.25) is 99.6 Å². The molecule has 0 bridgehead atoms. The summed E-state index contributed by atoms with van der Waals surface area (Å²) in [5.74, 6) is -10.6. The minimum absolute atomic E-state index is 0.00194. The van der Waals surface area contributed by atoms with Gasteiger partial charge < -0.3 is 78.2 Å². The fourth-order valence-electron chi connectivity index (χ4n) is 7.96. The van der Waals surface area contributed by atoms with Gasteiger partial charge in [0, 0.05) is 120 Å². The summed E-state index contributed by atoms with van der Waals surface area (Å²) < 4.78 is 187. The zero-order chi connectivity index (χ0) is 92.2. The lowest BCUT2D eigenvalue weighted by Crippen LogP contribution is -2.40. The van der Waals surface area contributed by atoms with Crippen molar-refractivity contribution in [3.8, 4) is 0 Å². The van der Waals surface area contributed by atoms with Gasteiger partial charge in [0.2, 0.25) is 59.1 Å². The summed E-state index contributed by atoms with van der Waals surface area (Å²) >= 11 is 0. The molecule has 0 fully saturated rings. The van der Waals surface area contributed by atoms with Crippen molar-refractivity contribution in [3.63, 3.8) is 0 Å². The molecule has 0 aliphatic heterocycles. The first-order valence-corrected chi connectivity index (χ1v) is 43.9. The molecular formula is C62H116N12O36S6. The minimum Gasteiger partial charge on any atom is -0.511 e. The Balaban J connectivity index is -0.000000313. The maximum atomic E-state index is 11.9. The van der Waals surface area contributed by atoms with Crippen LogP contribution in [0.2, 0.25) is 0 Å². The molecule has 0 aromatic carbocycles. The van der Waals surface area contributed by atoms with Crippen LogP contribution in [-0.2, 0) is 128 Å². The van der Waals surface area contributed by atoms with Gasteiger partial charge in [-0.1, -0.05) is 26.3 Å². The van der Waals surface area contributed by atoms with Gasteiger partial charge in [0.05, 0.1) is 71.9 Å². The lowest BCUT2D eigenvalue weighted by atomic mass is 10.1. The van der Waals surface area contributed by atoms with Crippen molar-refractivity contribution in [1.29, 1.82) is 0 Å². The summed E-state index contributed by atoms with van der Waals surface area (Å²) in [6.45, 7) is 20.1. The number of carbonyl (C=O) groups excluding carboxylic acids is 12. The van der Waals surface area contributed by atoms with Crippen molar-refractivity contribution in [2.45, 2.75) is 155 Å². The predicted molar refractivity (Wildman–Crippen MR) is 417 cm³/mol. The Bertz CT molecular complexity index is 3960. The van der Waals surface area contributed by atoms with Crippen LogP contribution in [0.5, 0.6) is 0 Å². The van der Waals surface area contributed by atoms with E-state index in [9.17, 15) is 123 Å². The SMILES string of the molecule is C=C(O)C(CCC(=O)N(C)CCS(=O)(=O)O)N(C)C.C=C(O)C(CCC(=O)N(CCS(=O)(=O)O)C(C)=O)NC(C)=O.C=C(O)C(CCC(=O)NCCS(=O)(=O)O)NC(C)=O.C=C(O)C(N)CCC(=O)N(CCS(=O)(=O)O)C(C)=O.CCOC(=O)C(N)CCC(=O)N(C)CCS(=O)(=O)O.CCOC(=O)C(N)CCC(=O)NCCS(=O)(=O)O. The zero-order valence-corrected chi connectivity index (χ0v) is 71.1. The number of carbonyl (C=O) groups is 12. The number of aliphatic hydroxyl groups is 4. The molecule has 116 heavy (non-hydrogen) atoms. The summed E-state index contributed by atoms with van der Waals surface area (Å²) in [5.41, 5.74) is 16.4. The van der Waals surface area contributed by atoms with Crippen LogP contribution in [0, 0.1) is 0 Å². The first-order valence-electron chi connectivity index (χ1n) is 34.2. The smallest absolute Gasteiger partial charge is 0.322 e. The highest BCUT2D eigenvalue weighted by molar-refractivity contribution is 7.87. The molecular weight excluding hydrogens is 1680 g/mol. The standard InChI is InChI=1S/C12H20N2O7S.C11H22N2O5S.2C10H18N2O6S.C10H20N2O6S.C9H18N2O6S/c1-8(15)11(13-9(2)16)4-5-12(18)14(10(3)17)6-7-22(19,20)21;1-9(14)10(12(2)3)5-6-11(15)13(4)7-8-19(16,17)18;1-7(13)9(11)3-4-10(15)12(8(2)14)5-6-19(16,17)18;1-7(13)9(12-8(2)14)3-4-10(15)11-5-6-19(16,17)18;1-3-18-10(14)8(11)4-5-9(13)12(2)6-7-19(15,16)17;1-2-17-9(13)7(10)3-4-8(12)11-5-6-18(14,15)16/h11,15H,1,4-7H2,2-3H3,(H,13,16)(H,19,20,21);10,14H,1,5-8H2,2-4H3,(H,16,17,18);9,13H,1,3-6,11H2,2H3,(H,16,17,18);9,13H,1,3-6H2,2H3,(H,11,15)(H,12,14)(H,16,17,18);8H,3-7,11H2,1-2H3,(H,15,16,17);7H,2-6,10H2,1H3,(H,11,12)(H,14,15,16). The van der Waals surface area contributed by atoms with Crippen LogP contribution in [0.1, 0.15) is 119 Å². The van der Waals surface area contributed by atoms with Gasteiger partial charge in [-0.05, 0) is 66.5 Å². The summed E-state index contributed by atoms with van der Waals surface area (Å²) in [7, 11) is -18.5. The Morgan fingerprint density at radius 1 is 0.371 bits per heavy atom. The number of hydrogen-bond donors (Lipinski definition) is 17. The van der Waals surface area contributed by atoms with Gasteiger partial charge in [-0.25, -0.2) is 0 Å². The van der Waals surface area contributed by atoms with E-state index in [4.69, 9.17) is 49.6 Å². The number of esters is 2. The second-order valence-electron chi connectivity index (χ2n) is 24.7. The van der Waals surface area contributed by atoms with E-state index in [1.165, 1.54) is 32.8 Å². The Kier molecular flexibility index (Phi) is 61.3. The number of nitrogens with two attached hydrogens (primary N) is 3. The van der Waals surface area contributed by atoms with E-state index < -0.39 is 192 Å². The molecule has 676 valence electrons. The van der Waals surface area contributed by atoms with E-state index in [-0.39, 0.29) is 157 Å². The van der Waals surface area contributed by atoms with Gasteiger partial charge in [-0.2, -0.15) is 50.5 Å². The van der Waals surface area contributed by atoms with Crippen LogP contribution in [0.25, 0.3) is 0 Å². The average molecular weight is 1800 g/mol. The number of nitrogens with one attached hydrogen (secondary N) is 4. The number of hydrogen-bond acceptors (Lipinski definition) is 34. The summed E-state index contributed by atoms with van der Waals surface area (Å²) in [4.78, 5) is 142. The summed E-state index contributed by atoms with van der Waals surface area (Å²) in [6.07, 6.45) is 0.539. The van der Waals surface area contributed by atoms with Crippen LogP contribution >= 0.6 is 0 Å². The number of rotatable bonds is 47. The first kappa shape index (κ1) is 118. The van der Waals surface area contributed by atoms with Gasteiger partial charge in [0.15, 0.2) is 0 Å². The van der Waals surface area contributed by atoms with Gasteiger partial charge in [0.25, 0.3) is 60.7 Å². The highest BCUT2D eigenvalue weighted by Gasteiger charge is 2.26. The van der Waals surface area contributed by atoms with Gasteiger partial charge >= 0.3 is 11.9 Å². The topological polar surface area (TPSA) is 773 Å². The fourth-order valence-corrected chi connectivity index (χ4v) is 10.5. The number of aliphatic hydroxyl groups excluding tert-OH is 4. The second-order valence-corrected chi connectivity index (χ2v) is 34.1. The quantitative estimate of drug-likeness (QED) is 0.0158.